The van der Waals surface area contributed by atoms with Crippen molar-refractivity contribution >= 4 is 22.1 Å². The number of rotatable bonds is 5. The fourth-order valence-electron chi connectivity index (χ4n) is 1.69. The van der Waals surface area contributed by atoms with Crippen LogP contribution in [0.3, 0.4) is 0 Å². The maximum atomic E-state index is 5.22. The number of hydrogen-bond acceptors (Lipinski definition) is 5. The summed E-state index contributed by atoms with van der Waals surface area (Å²) in [6, 6.07) is 13.1. The van der Waals surface area contributed by atoms with Gasteiger partial charge in [0.1, 0.15) is 5.69 Å². The number of furan rings is 1. The molecule has 106 valence electrons. The Kier molecular flexibility index (Phi) is 4.16. The molecule has 2 heterocycles. The van der Waals surface area contributed by atoms with Crippen LogP contribution in [0.15, 0.2) is 67.3 Å². The Balaban J connectivity index is 1.58. The van der Waals surface area contributed by atoms with Crippen molar-refractivity contribution in [2.75, 3.05) is 0 Å². The second-order valence-electron chi connectivity index (χ2n) is 4.19. The molecule has 0 amide bonds. The van der Waals surface area contributed by atoms with Crippen LogP contribution in [0.25, 0.3) is 11.5 Å². The number of nitrogens with zero attached hydrogens (tertiary/aromatic N) is 2. The fraction of sp³-hybridized carbons (Fsp3) is 0.0667. The zero-order valence-corrected chi connectivity index (χ0v) is 12.5. The van der Waals surface area contributed by atoms with E-state index in [0.717, 1.165) is 10.0 Å². The predicted octanol–water partition coefficient (Wildman–Crippen LogP) is 4.25. The van der Waals surface area contributed by atoms with E-state index in [1.807, 2.05) is 24.3 Å². The first kappa shape index (κ1) is 13.6. The lowest BCUT2D eigenvalue weighted by molar-refractivity contribution is 0.126. The Bertz CT molecular complexity index is 735. The van der Waals surface area contributed by atoms with Crippen LogP contribution in [0.1, 0.15) is 11.3 Å². The molecule has 0 aliphatic carbocycles. The number of halogens is 1. The number of benzene rings is 1. The van der Waals surface area contributed by atoms with Gasteiger partial charge in [0, 0.05) is 16.1 Å². The Labute approximate surface area is 129 Å². The van der Waals surface area contributed by atoms with Gasteiger partial charge < -0.3 is 13.8 Å². The highest BCUT2D eigenvalue weighted by atomic mass is 79.9. The molecule has 21 heavy (non-hydrogen) atoms. The van der Waals surface area contributed by atoms with Gasteiger partial charge in [0.25, 0.3) is 0 Å². The van der Waals surface area contributed by atoms with Gasteiger partial charge in [-0.1, -0.05) is 44.4 Å². The summed E-state index contributed by atoms with van der Waals surface area (Å²) in [4.78, 5) is 5.20. The molecular weight excluding hydrogens is 336 g/mol. The highest BCUT2D eigenvalue weighted by Crippen LogP contribution is 2.20. The van der Waals surface area contributed by atoms with Crippen molar-refractivity contribution in [3.8, 4) is 11.5 Å². The minimum absolute atomic E-state index is 0.227. The smallest absolute Gasteiger partial charge is 0.202 e. The molecule has 3 aromatic rings. The quantitative estimate of drug-likeness (QED) is 0.511. The highest BCUT2D eigenvalue weighted by molar-refractivity contribution is 9.10. The van der Waals surface area contributed by atoms with E-state index in [1.165, 1.54) is 0 Å². The van der Waals surface area contributed by atoms with E-state index in [9.17, 15) is 0 Å². The SMILES string of the molecule is Brc1ccccc1/C=N\OCc1cc(-c2ccco2)on1. The standard InChI is InChI=1S/C15H11BrN2O3/c16-13-5-2-1-4-11(13)9-17-20-10-12-8-15(21-18-12)14-6-3-7-19-14/h1-9H,10H2/b17-9-. The second kappa shape index (κ2) is 6.41. The number of oxime groups is 1. The lowest BCUT2D eigenvalue weighted by atomic mass is 10.2. The lowest BCUT2D eigenvalue weighted by Gasteiger charge is -1.96. The molecule has 6 heteroatoms. The van der Waals surface area contributed by atoms with Gasteiger partial charge in [-0.15, -0.1) is 0 Å². The van der Waals surface area contributed by atoms with Crippen molar-refractivity contribution in [3.05, 3.63) is 64.5 Å². The second-order valence-corrected chi connectivity index (χ2v) is 5.04. The summed E-state index contributed by atoms with van der Waals surface area (Å²) in [6.07, 6.45) is 3.22. The van der Waals surface area contributed by atoms with E-state index in [1.54, 1.807) is 30.7 Å². The van der Waals surface area contributed by atoms with Crippen LogP contribution in [0.4, 0.5) is 0 Å². The summed E-state index contributed by atoms with van der Waals surface area (Å²) in [5.41, 5.74) is 1.58. The van der Waals surface area contributed by atoms with Crippen LogP contribution in [0.2, 0.25) is 0 Å². The van der Waals surface area contributed by atoms with Gasteiger partial charge in [-0.2, -0.15) is 0 Å². The maximum absolute atomic E-state index is 5.22. The Hall–Kier alpha value is -2.34. The third-order valence-corrected chi connectivity index (χ3v) is 3.43. The topological polar surface area (TPSA) is 60.8 Å². The molecule has 0 bridgehead atoms. The zero-order valence-electron chi connectivity index (χ0n) is 10.9. The van der Waals surface area contributed by atoms with Crippen molar-refractivity contribution in [2.24, 2.45) is 5.16 Å². The summed E-state index contributed by atoms with van der Waals surface area (Å²) < 4.78 is 11.3. The molecule has 2 aromatic heterocycles. The molecule has 3 rings (SSSR count). The van der Waals surface area contributed by atoms with Crippen molar-refractivity contribution in [2.45, 2.75) is 6.61 Å². The van der Waals surface area contributed by atoms with E-state index in [2.05, 4.69) is 26.2 Å². The summed E-state index contributed by atoms with van der Waals surface area (Å²) >= 11 is 3.43. The predicted molar refractivity (Wildman–Crippen MR) is 80.7 cm³/mol. The van der Waals surface area contributed by atoms with Gasteiger partial charge in [0.15, 0.2) is 12.4 Å². The minimum Gasteiger partial charge on any atom is -0.461 e. The minimum atomic E-state index is 0.227. The average Bonchev–Trinajstić information content (AvgIpc) is 3.16. The molecule has 1 aromatic carbocycles. The average molecular weight is 347 g/mol. The molecular formula is C15H11BrN2O3. The van der Waals surface area contributed by atoms with E-state index in [0.29, 0.717) is 17.2 Å². The van der Waals surface area contributed by atoms with Crippen LogP contribution in [0, 0.1) is 0 Å². The first-order valence-electron chi connectivity index (χ1n) is 6.22. The summed E-state index contributed by atoms with van der Waals surface area (Å²) in [5, 5.41) is 7.80. The monoisotopic (exact) mass is 346 g/mol. The summed E-state index contributed by atoms with van der Waals surface area (Å²) in [6.45, 7) is 0.227. The third kappa shape index (κ3) is 3.41. The van der Waals surface area contributed by atoms with Gasteiger partial charge in [0.2, 0.25) is 5.76 Å². The van der Waals surface area contributed by atoms with Crippen molar-refractivity contribution in [1.82, 2.24) is 5.16 Å². The van der Waals surface area contributed by atoms with Crippen LogP contribution in [0.5, 0.6) is 0 Å². The molecule has 0 spiro atoms. The molecule has 0 saturated heterocycles. The molecule has 5 nitrogen and oxygen atoms in total. The van der Waals surface area contributed by atoms with Crippen molar-refractivity contribution in [3.63, 3.8) is 0 Å². The van der Waals surface area contributed by atoms with E-state index in [4.69, 9.17) is 13.8 Å². The van der Waals surface area contributed by atoms with Crippen LogP contribution in [-0.4, -0.2) is 11.4 Å². The van der Waals surface area contributed by atoms with Gasteiger partial charge in [-0.25, -0.2) is 0 Å². The van der Waals surface area contributed by atoms with Crippen molar-refractivity contribution < 1.29 is 13.8 Å². The van der Waals surface area contributed by atoms with Crippen LogP contribution >= 0.6 is 15.9 Å². The maximum Gasteiger partial charge on any atom is 0.202 e. The van der Waals surface area contributed by atoms with Crippen molar-refractivity contribution in [1.29, 1.82) is 0 Å². The summed E-state index contributed by atoms with van der Waals surface area (Å²) in [7, 11) is 0. The van der Waals surface area contributed by atoms with E-state index >= 15 is 0 Å². The number of hydrogen-bond donors (Lipinski definition) is 0. The molecule has 0 atom stereocenters. The Morgan fingerprint density at radius 2 is 2.10 bits per heavy atom. The zero-order chi connectivity index (χ0) is 14.5. The number of aromatic nitrogens is 1. The molecule has 0 aliphatic rings. The van der Waals surface area contributed by atoms with Crippen LogP contribution < -0.4 is 0 Å². The molecule has 0 aliphatic heterocycles. The van der Waals surface area contributed by atoms with Gasteiger partial charge in [-0.3, -0.25) is 0 Å². The molecule has 0 saturated carbocycles. The largest absolute Gasteiger partial charge is 0.461 e. The highest BCUT2D eigenvalue weighted by Gasteiger charge is 2.08. The van der Waals surface area contributed by atoms with Gasteiger partial charge >= 0.3 is 0 Å². The summed E-state index contributed by atoms with van der Waals surface area (Å²) in [5.74, 6) is 1.19. The molecule has 0 radical (unpaired) electrons. The molecule has 0 fully saturated rings. The normalized spacial score (nSPS) is 11.1. The lowest BCUT2D eigenvalue weighted by Crippen LogP contribution is -1.88. The Morgan fingerprint density at radius 1 is 1.19 bits per heavy atom. The third-order valence-electron chi connectivity index (χ3n) is 2.71. The Morgan fingerprint density at radius 3 is 2.90 bits per heavy atom. The van der Waals surface area contributed by atoms with E-state index in [-0.39, 0.29) is 6.61 Å². The first-order chi connectivity index (χ1) is 10.3. The van der Waals surface area contributed by atoms with Crippen LogP contribution in [-0.2, 0) is 11.4 Å². The first-order valence-corrected chi connectivity index (χ1v) is 7.01. The molecule has 0 N–H and O–H groups in total. The van der Waals surface area contributed by atoms with Gasteiger partial charge in [0.05, 0.1) is 12.5 Å². The van der Waals surface area contributed by atoms with E-state index < -0.39 is 0 Å². The fourth-order valence-corrected chi connectivity index (χ4v) is 2.08. The molecule has 0 unspecified atom stereocenters. The van der Waals surface area contributed by atoms with Gasteiger partial charge in [-0.05, 0) is 18.2 Å².